The molecule has 2 atom stereocenters. The van der Waals surface area contributed by atoms with Crippen LogP contribution in [0.3, 0.4) is 0 Å². The maximum atomic E-state index is 12.6. The third-order valence-corrected chi connectivity index (χ3v) is 8.87. The molecule has 0 saturated carbocycles. The van der Waals surface area contributed by atoms with Gasteiger partial charge >= 0.3 is 0 Å². The topological polar surface area (TPSA) is 113 Å². The highest BCUT2D eigenvalue weighted by Crippen LogP contribution is 2.17. The molecule has 190 valence electrons. The monoisotopic (exact) mass is 519 g/mol. The van der Waals surface area contributed by atoms with Crippen molar-refractivity contribution in [3.63, 3.8) is 0 Å². The Bertz CT molecular complexity index is 1200. The van der Waals surface area contributed by atoms with E-state index in [1.54, 1.807) is 66.9 Å². The molecular formula is C24H33N5O4S2. The van der Waals surface area contributed by atoms with Crippen LogP contribution in [-0.2, 0) is 20.0 Å². The van der Waals surface area contributed by atoms with Crippen LogP contribution in [0.5, 0.6) is 0 Å². The van der Waals surface area contributed by atoms with E-state index >= 15 is 0 Å². The van der Waals surface area contributed by atoms with Gasteiger partial charge in [-0.2, -0.15) is 5.10 Å². The highest BCUT2D eigenvalue weighted by molar-refractivity contribution is 7.89. The molecule has 0 aliphatic rings. The summed E-state index contributed by atoms with van der Waals surface area (Å²) in [4.78, 5) is 2.47. The Balaban J connectivity index is 1.67. The number of rotatable bonds is 13. The quantitative estimate of drug-likeness (QED) is 0.359. The fourth-order valence-electron chi connectivity index (χ4n) is 3.71. The fourth-order valence-corrected chi connectivity index (χ4v) is 5.80. The molecule has 2 aromatic carbocycles. The van der Waals surface area contributed by atoms with E-state index in [0.717, 1.165) is 5.56 Å². The van der Waals surface area contributed by atoms with E-state index in [4.69, 9.17) is 0 Å². The summed E-state index contributed by atoms with van der Waals surface area (Å²) in [6, 6.07) is 16.3. The highest BCUT2D eigenvalue weighted by Gasteiger charge is 2.23. The Morgan fingerprint density at radius 3 is 1.69 bits per heavy atom. The Morgan fingerprint density at radius 2 is 1.29 bits per heavy atom. The first-order valence-electron chi connectivity index (χ1n) is 11.4. The molecule has 2 unspecified atom stereocenters. The van der Waals surface area contributed by atoms with E-state index < -0.39 is 20.0 Å². The van der Waals surface area contributed by atoms with Crippen LogP contribution in [0.2, 0.25) is 0 Å². The molecule has 0 saturated heterocycles. The van der Waals surface area contributed by atoms with Crippen LogP contribution >= 0.6 is 0 Å². The van der Waals surface area contributed by atoms with Crippen molar-refractivity contribution in [1.29, 1.82) is 0 Å². The Kier molecular flexibility index (Phi) is 9.20. The molecule has 0 amide bonds. The maximum absolute atomic E-state index is 12.6. The van der Waals surface area contributed by atoms with Gasteiger partial charge in [0, 0.05) is 38.4 Å². The summed E-state index contributed by atoms with van der Waals surface area (Å²) >= 11 is 0. The van der Waals surface area contributed by atoms with E-state index in [9.17, 15) is 16.8 Å². The summed E-state index contributed by atoms with van der Waals surface area (Å²) in [7, 11) is -7.27. The number of hydrogen-bond donors (Lipinski definition) is 2. The van der Waals surface area contributed by atoms with Gasteiger partial charge in [-0.1, -0.05) is 36.4 Å². The number of sulfonamides is 2. The zero-order valence-corrected chi connectivity index (χ0v) is 21.8. The minimum Gasteiger partial charge on any atom is -0.296 e. The minimum atomic E-state index is -3.64. The van der Waals surface area contributed by atoms with Crippen molar-refractivity contribution >= 4 is 20.0 Å². The molecule has 9 nitrogen and oxygen atoms in total. The smallest absolute Gasteiger partial charge is 0.240 e. The molecular weight excluding hydrogens is 486 g/mol. The fraction of sp³-hybridized carbons (Fsp3) is 0.375. The predicted molar refractivity (Wildman–Crippen MR) is 136 cm³/mol. The second-order valence-electron chi connectivity index (χ2n) is 8.44. The molecule has 35 heavy (non-hydrogen) atoms. The second-order valence-corrected chi connectivity index (χ2v) is 12.0. The molecule has 0 bridgehead atoms. The molecule has 0 aliphatic carbocycles. The molecule has 0 aliphatic heterocycles. The van der Waals surface area contributed by atoms with Gasteiger partial charge in [0.2, 0.25) is 20.0 Å². The van der Waals surface area contributed by atoms with E-state index in [-0.39, 0.29) is 35.0 Å². The van der Waals surface area contributed by atoms with E-state index in [0.29, 0.717) is 13.1 Å². The summed E-state index contributed by atoms with van der Waals surface area (Å²) in [5.41, 5.74) is 1.04. The lowest BCUT2D eigenvalue weighted by Gasteiger charge is -2.33. The first-order chi connectivity index (χ1) is 16.6. The Morgan fingerprint density at radius 1 is 0.829 bits per heavy atom. The van der Waals surface area contributed by atoms with E-state index in [2.05, 4.69) is 19.4 Å². The van der Waals surface area contributed by atoms with Crippen LogP contribution < -0.4 is 9.44 Å². The van der Waals surface area contributed by atoms with Gasteiger partial charge in [-0.3, -0.25) is 9.58 Å². The second kappa shape index (κ2) is 11.9. The number of hydrogen-bond acceptors (Lipinski definition) is 6. The normalized spacial score (nSPS) is 14.2. The van der Waals surface area contributed by atoms with Gasteiger partial charge in [0.25, 0.3) is 0 Å². The molecule has 1 heterocycles. The third-order valence-electron chi connectivity index (χ3n) is 5.91. The minimum absolute atomic E-state index is 0.0137. The van der Waals surface area contributed by atoms with Crippen molar-refractivity contribution in [2.24, 2.45) is 0 Å². The van der Waals surface area contributed by atoms with Crippen molar-refractivity contribution in [3.05, 3.63) is 78.6 Å². The van der Waals surface area contributed by atoms with Gasteiger partial charge in [-0.15, -0.1) is 0 Å². The lowest BCUT2D eigenvalue weighted by Crippen LogP contribution is -2.46. The zero-order valence-electron chi connectivity index (χ0n) is 20.2. The van der Waals surface area contributed by atoms with Crippen LogP contribution in [0, 0.1) is 6.92 Å². The van der Waals surface area contributed by atoms with Crippen molar-refractivity contribution < 1.29 is 16.8 Å². The van der Waals surface area contributed by atoms with Crippen LogP contribution in [0.15, 0.2) is 82.8 Å². The van der Waals surface area contributed by atoms with Gasteiger partial charge in [-0.25, -0.2) is 26.3 Å². The summed E-state index contributed by atoms with van der Waals surface area (Å²) in [5, 5.41) is 4.40. The number of nitrogens with zero attached hydrogens (tertiary/aromatic N) is 3. The summed E-state index contributed by atoms with van der Waals surface area (Å²) in [5.74, 6) is 0. The number of aryl methyl sites for hydroxylation is 1. The summed E-state index contributed by atoms with van der Waals surface area (Å²) < 4.78 is 57.6. The average Bonchev–Trinajstić information content (AvgIpc) is 3.29. The van der Waals surface area contributed by atoms with Gasteiger partial charge in [-0.05, 0) is 50.6 Å². The zero-order chi connectivity index (χ0) is 25.5. The van der Waals surface area contributed by atoms with Crippen molar-refractivity contribution in [1.82, 2.24) is 24.1 Å². The van der Waals surface area contributed by atoms with Crippen LogP contribution in [0.25, 0.3) is 0 Å². The lowest BCUT2D eigenvalue weighted by molar-refractivity contribution is 0.163. The predicted octanol–water partition coefficient (Wildman–Crippen LogP) is 2.40. The number of nitrogens with one attached hydrogen (secondary N) is 2. The van der Waals surface area contributed by atoms with Crippen LogP contribution in [-0.4, -0.2) is 63.7 Å². The SMILES string of the molecule is Cc1cnn(C(C)C(C)N(CCNS(=O)(=O)c2ccccc2)CCNS(=O)(=O)c2ccccc2)c1. The van der Waals surface area contributed by atoms with Crippen molar-refractivity contribution in [3.8, 4) is 0 Å². The maximum Gasteiger partial charge on any atom is 0.240 e. The molecule has 0 spiro atoms. The van der Waals surface area contributed by atoms with E-state index in [1.807, 2.05) is 31.6 Å². The van der Waals surface area contributed by atoms with Crippen molar-refractivity contribution in [2.45, 2.75) is 42.6 Å². The molecule has 3 aromatic rings. The first kappa shape index (κ1) is 27.0. The van der Waals surface area contributed by atoms with Crippen LogP contribution in [0.4, 0.5) is 0 Å². The van der Waals surface area contributed by atoms with E-state index in [1.165, 1.54) is 0 Å². The highest BCUT2D eigenvalue weighted by atomic mass is 32.2. The molecule has 0 fully saturated rings. The molecule has 3 rings (SSSR count). The Hall–Kier alpha value is -2.57. The Labute approximate surface area is 208 Å². The number of aromatic nitrogens is 2. The summed E-state index contributed by atoms with van der Waals surface area (Å²) in [6.07, 6.45) is 3.74. The standard InChI is InChI=1S/C24H33N5O4S2/c1-20-18-25-29(19-20)22(3)21(2)28(16-14-26-34(30,31)23-10-6-4-7-11-23)17-15-27-35(32,33)24-12-8-5-9-13-24/h4-13,18-19,21-22,26-27H,14-17H2,1-3H3. The average molecular weight is 520 g/mol. The largest absolute Gasteiger partial charge is 0.296 e. The third kappa shape index (κ3) is 7.45. The van der Waals surface area contributed by atoms with Crippen molar-refractivity contribution in [2.75, 3.05) is 26.2 Å². The van der Waals surface area contributed by atoms with Gasteiger partial charge in [0.1, 0.15) is 0 Å². The van der Waals surface area contributed by atoms with Crippen LogP contribution in [0.1, 0.15) is 25.5 Å². The lowest BCUT2D eigenvalue weighted by atomic mass is 10.1. The molecule has 11 heteroatoms. The van der Waals surface area contributed by atoms with Gasteiger partial charge in [0.05, 0.1) is 22.0 Å². The molecule has 2 N–H and O–H groups in total. The number of benzene rings is 2. The van der Waals surface area contributed by atoms with Gasteiger partial charge in [0.15, 0.2) is 0 Å². The molecule has 0 radical (unpaired) electrons. The summed E-state index contributed by atoms with van der Waals surface area (Å²) in [6.45, 7) is 7.17. The molecule has 1 aromatic heterocycles. The van der Waals surface area contributed by atoms with Gasteiger partial charge < -0.3 is 0 Å². The first-order valence-corrected chi connectivity index (χ1v) is 14.4.